The smallest absolute Gasteiger partial charge is 0.296 e. The van der Waals surface area contributed by atoms with E-state index in [0.29, 0.717) is 91.7 Å². The number of alkyl halides is 4. The molecule has 0 bridgehead atoms. The van der Waals surface area contributed by atoms with Gasteiger partial charge in [-0.2, -0.15) is 10.2 Å². The van der Waals surface area contributed by atoms with Crippen molar-refractivity contribution in [2.45, 2.75) is 50.7 Å². The number of halogens is 4. The van der Waals surface area contributed by atoms with Gasteiger partial charge < -0.3 is 48.9 Å². The highest BCUT2D eigenvalue weighted by Gasteiger charge is 2.48. The molecule has 26 heteroatoms. The van der Waals surface area contributed by atoms with E-state index in [1.807, 2.05) is 26.0 Å². The molecule has 0 spiro atoms. The lowest BCUT2D eigenvalue weighted by atomic mass is 10.0. The van der Waals surface area contributed by atoms with Crippen molar-refractivity contribution in [2.75, 3.05) is 71.4 Å². The fourth-order valence-electron chi connectivity index (χ4n) is 9.95. The van der Waals surface area contributed by atoms with Gasteiger partial charge in [-0.05, 0) is 68.4 Å². The summed E-state index contributed by atoms with van der Waals surface area (Å²) in [5.74, 6) is -2.33. The number of piperidine rings is 2. The number of aliphatic imine (C=N–C) groups is 1. The van der Waals surface area contributed by atoms with Crippen LogP contribution in [-0.4, -0.2) is 156 Å². The highest BCUT2D eigenvalue weighted by atomic mass is 19.3. The van der Waals surface area contributed by atoms with Crippen molar-refractivity contribution in [2.24, 2.45) is 10.1 Å². The molecule has 2 fully saturated rings. The Morgan fingerprint density at radius 2 is 1.27 bits per heavy atom. The number of methoxy groups -OCH3 is 2. The SMILES string of the molecule is COc1cc(O[C@H]2CCN(C)CC2(F)F)c2c(Nc3ccc(OC4=NCN5N=CN(CN6CC[C@@H](Oc7cc(OC)cc8ncnc(Nc9ccc(Oc%10cc%11ncnn%11cn%10)c(C)c9)c78)C(F)(F)C6)C5=C4)c(C)c3)ncnc2c1. The summed E-state index contributed by atoms with van der Waals surface area (Å²) in [6.07, 6.45) is 6.23. The van der Waals surface area contributed by atoms with E-state index < -0.39 is 37.1 Å². The lowest BCUT2D eigenvalue weighted by Gasteiger charge is -2.39. The number of anilines is 4. The van der Waals surface area contributed by atoms with E-state index in [9.17, 15) is 0 Å². The average Bonchev–Trinajstić information content (AvgIpc) is 4.10. The fourth-order valence-corrected chi connectivity index (χ4v) is 9.95. The van der Waals surface area contributed by atoms with Crippen molar-refractivity contribution >= 4 is 62.7 Å². The maximum atomic E-state index is 16.4. The summed E-state index contributed by atoms with van der Waals surface area (Å²) < 4.78 is 101. The predicted octanol–water partition coefficient (Wildman–Crippen LogP) is 8.54. The van der Waals surface area contributed by atoms with Crippen LogP contribution in [0.25, 0.3) is 27.5 Å². The molecule has 4 aliphatic rings. The van der Waals surface area contributed by atoms with Crippen molar-refractivity contribution in [3.8, 4) is 40.4 Å². The molecule has 0 unspecified atom stereocenters. The number of hydrogen-bond acceptors (Lipinski definition) is 21. The number of fused-ring (bicyclic) bond motifs is 4. The molecule has 0 aliphatic carbocycles. The number of hydrogen-bond donors (Lipinski definition) is 2. The second-order valence-electron chi connectivity index (χ2n) is 19.7. The van der Waals surface area contributed by atoms with Crippen LogP contribution in [0.2, 0.25) is 0 Å². The standard InChI is InChI=1S/C54H52F4N16O6/c1-31-14-33(6-8-39(31)79-46-20-45-61-26-66-73(45)27-64-46)68-52-50-38(60-25-63-52)17-36(76-5)19-42(50)78-44-11-13-71(23-54(44,57)58)30-72-29-67-74-28-65-47(21-48(72)74)80-40-9-7-34(15-32(40)2)69-51-49-37(59-24-62-51)16-35(75-4)18-41(49)77-43-10-12-70(3)22-53(43,55)56/h6-9,14-21,24-27,29,43-44H,10-13,22-23,28,30H2,1-5H3,(H,59,62,69)(H,60,63,68)/t43-,44+/m0/s1. The molecular weight excluding hydrogens is 1040 g/mol. The maximum absolute atomic E-state index is 16.4. The van der Waals surface area contributed by atoms with Crippen LogP contribution in [0.4, 0.5) is 40.6 Å². The van der Waals surface area contributed by atoms with Crippen LogP contribution in [0.15, 0.2) is 114 Å². The molecule has 0 amide bonds. The Labute approximate surface area is 454 Å². The second kappa shape index (κ2) is 20.9. The van der Waals surface area contributed by atoms with Crippen molar-refractivity contribution in [1.29, 1.82) is 0 Å². The number of ether oxygens (including phenoxy) is 6. The molecule has 4 aromatic heterocycles. The van der Waals surface area contributed by atoms with E-state index in [1.165, 1.54) is 44.0 Å². The quantitative estimate of drug-likeness (QED) is 0.0921. The van der Waals surface area contributed by atoms with Crippen molar-refractivity contribution in [1.82, 2.24) is 59.2 Å². The number of aromatic nitrogens is 8. The monoisotopic (exact) mass is 1100 g/mol. The summed E-state index contributed by atoms with van der Waals surface area (Å²) >= 11 is 0. The number of benzene rings is 4. The highest BCUT2D eigenvalue weighted by molar-refractivity contribution is 5.98. The third kappa shape index (κ3) is 10.5. The predicted molar refractivity (Wildman–Crippen MR) is 287 cm³/mol. The number of aryl methyl sites for hydroxylation is 2. The second-order valence-corrected chi connectivity index (χ2v) is 19.7. The number of nitrogens with one attached hydrogen (secondary N) is 2. The molecule has 8 aromatic rings. The number of rotatable bonds is 15. The zero-order valence-corrected chi connectivity index (χ0v) is 43.8. The molecule has 2 atom stereocenters. The molecule has 12 rings (SSSR count). The first-order chi connectivity index (χ1) is 38.6. The van der Waals surface area contributed by atoms with E-state index in [0.717, 1.165) is 11.1 Å². The number of hydrazone groups is 1. The molecule has 2 N–H and O–H groups in total. The first-order valence-electron chi connectivity index (χ1n) is 25.4. The van der Waals surface area contributed by atoms with Crippen LogP contribution in [0.3, 0.4) is 0 Å². The van der Waals surface area contributed by atoms with Gasteiger partial charge in [-0.3, -0.25) is 4.90 Å². The Morgan fingerprint density at radius 3 is 1.88 bits per heavy atom. The molecule has 80 heavy (non-hydrogen) atoms. The van der Waals surface area contributed by atoms with Gasteiger partial charge in [-0.1, -0.05) is 0 Å². The molecule has 0 radical (unpaired) electrons. The van der Waals surface area contributed by atoms with Crippen molar-refractivity contribution in [3.63, 3.8) is 0 Å². The molecule has 412 valence electrons. The first kappa shape index (κ1) is 51.6. The molecule has 0 saturated carbocycles. The van der Waals surface area contributed by atoms with Gasteiger partial charge in [0.25, 0.3) is 11.8 Å². The van der Waals surface area contributed by atoms with Crippen LogP contribution >= 0.6 is 0 Å². The summed E-state index contributed by atoms with van der Waals surface area (Å²) in [4.78, 5) is 35.9. The maximum Gasteiger partial charge on any atom is 0.296 e. The summed E-state index contributed by atoms with van der Waals surface area (Å²) in [6, 6.07) is 19.0. The third-order valence-electron chi connectivity index (χ3n) is 14.0. The summed E-state index contributed by atoms with van der Waals surface area (Å²) in [6.45, 7) is 3.67. The Hall–Kier alpha value is -9.17. The van der Waals surface area contributed by atoms with E-state index in [-0.39, 0.29) is 50.1 Å². The van der Waals surface area contributed by atoms with Crippen LogP contribution in [0.5, 0.6) is 40.4 Å². The minimum Gasteiger partial charge on any atom is -0.497 e. The Morgan fingerprint density at radius 1 is 0.662 bits per heavy atom. The molecule has 8 heterocycles. The Kier molecular flexibility index (Phi) is 13.5. The van der Waals surface area contributed by atoms with Gasteiger partial charge in [0.05, 0.1) is 55.8 Å². The fraction of sp³-hybridized carbons (Fsp3) is 0.315. The molecule has 4 aliphatic heterocycles. The van der Waals surface area contributed by atoms with E-state index in [2.05, 4.69) is 55.7 Å². The van der Waals surface area contributed by atoms with Crippen molar-refractivity contribution < 1.29 is 46.0 Å². The summed E-state index contributed by atoms with van der Waals surface area (Å²) in [5, 5.41) is 17.6. The number of likely N-dealkylation sites (tertiary alicyclic amines) is 2. The lowest BCUT2D eigenvalue weighted by molar-refractivity contribution is -0.142. The molecule has 2 saturated heterocycles. The zero-order chi connectivity index (χ0) is 55.3. The van der Waals surface area contributed by atoms with Crippen LogP contribution in [0, 0.1) is 13.8 Å². The van der Waals surface area contributed by atoms with Gasteiger partial charge in [0, 0.05) is 73.7 Å². The van der Waals surface area contributed by atoms with Gasteiger partial charge in [0.15, 0.2) is 17.9 Å². The van der Waals surface area contributed by atoms with E-state index in [1.54, 1.807) is 93.8 Å². The normalized spacial score (nSPS) is 18.9. The van der Waals surface area contributed by atoms with E-state index in [4.69, 9.17) is 28.4 Å². The van der Waals surface area contributed by atoms with Crippen LogP contribution in [-0.2, 0) is 0 Å². The van der Waals surface area contributed by atoms with Crippen molar-refractivity contribution in [3.05, 3.63) is 115 Å². The lowest BCUT2D eigenvalue weighted by Crippen LogP contribution is -2.55. The average molecular weight is 1100 g/mol. The van der Waals surface area contributed by atoms with Gasteiger partial charge in [-0.25, -0.2) is 62.0 Å². The molecule has 22 nitrogen and oxygen atoms in total. The van der Waals surface area contributed by atoms with Gasteiger partial charge in [0.2, 0.25) is 11.8 Å². The summed E-state index contributed by atoms with van der Waals surface area (Å²) in [5.41, 5.74) is 4.25. The first-order valence-corrected chi connectivity index (χ1v) is 25.4. The minimum atomic E-state index is -3.29. The van der Waals surface area contributed by atoms with Gasteiger partial charge in [-0.15, -0.1) is 0 Å². The Balaban J connectivity index is 0.701. The van der Waals surface area contributed by atoms with Crippen LogP contribution < -0.4 is 39.1 Å². The van der Waals surface area contributed by atoms with Crippen LogP contribution in [0.1, 0.15) is 24.0 Å². The Bertz CT molecular complexity index is 3770. The van der Waals surface area contributed by atoms with E-state index >= 15 is 17.6 Å². The minimum absolute atomic E-state index is 0.0100. The van der Waals surface area contributed by atoms with Gasteiger partial charge >= 0.3 is 0 Å². The third-order valence-corrected chi connectivity index (χ3v) is 14.0. The molecule has 4 aromatic carbocycles. The molecular formula is C54H52F4N16O6. The largest absolute Gasteiger partial charge is 0.497 e. The topological polar surface area (TPSA) is 212 Å². The van der Waals surface area contributed by atoms with Gasteiger partial charge in [0.1, 0.15) is 90.3 Å². The summed E-state index contributed by atoms with van der Waals surface area (Å²) in [7, 11) is 4.62. The zero-order valence-electron chi connectivity index (χ0n) is 43.8. The highest BCUT2D eigenvalue weighted by Crippen LogP contribution is 2.42. The number of nitrogens with zero attached hydrogens (tertiary/aromatic N) is 14.